The van der Waals surface area contributed by atoms with Gasteiger partial charge >= 0.3 is 0 Å². The van der Waals surface area contributed by atoms with Gasteiger partial charge in [-0.2, -0.15) is 0 Å². The summed E-state index contributed by atoms with van der Waals surface area (Å²) < 4.78 is 1.07. The minimum absolute atomic E-state index is 0.0600. The number of anilines is 1. The van der Waals surface area contributed by atoms with Gasteiger partial charge in [-0.1, -0.05) is 54.9 Å². The monoisotopic (exact) mass is 491 g/mol. The molecule has 0 fully saturated rings. The van der Waals surface area contributed by atoms with Crippen molar-refractivity contribution in [3.63, 3.8) is 0 Å². The molecule has 1 aromatic heterocycles. The summed E-state index contributed by atoms with van der Waals surface area (Å²) in [5.74, 6) is 0.373. The van der Waals surface area contributed by atoms with Crippen LogP contribution in [0.4, 0.5) is 5.82 Å². The summed E-state index contributed by atoms with van der Waals surface area (Å²) >= 11 is 3.47. The highest BCUT2D eigenvalue weighted by Gasteiger charge is 2.08. The van der Waals surface area contributed by atoms with Crippen molar-refractivity contribution < 1.29 is 9.59 Å². The van der Waals surface area contributed by atoms with E-state index >= 15 is 0 Å². The third-order valence-electron chi connectivity index (χ3n) is 4.39. The van der Waals surface area contributed by atoms with Crippen LogP contribution >= 0.6 is 15.9 Å². The molecule has 1 unspecified atom stereocenters. The van der Waals surface area contributed by atoms with Gasteiger partial charge in [-0.15, -0.1) is 0 Å². The molecule has 0 saturated carbocycles. The van der Waals surface area contributed by atoms with Crippen LogP contribution in [0, 0.1) is 12.8 Å². The summed E-state index contributed by atoms with van der Waals surface area (Å²) in [5, 5.41) is 8.52. The molecule has 5 N–H and O–H groups in total. The van der Waals surface area contributed by atoms with E-state index in [0.717, 1.165) is 28.7 Å². The van der Waals surface area contributed by atoms with Gasteiger partial charge in [0.25, 0.3) is 0 Å². The van der Waals surface area contributed by atoms with Gasteiger partial charge in [0.15, 0.2) is 0 Å². The van der Waals surface area contributed by atoms with Crippen molar-refractivity contribution in [1.29, 1.82) is 0 Å². The third-order valence-corrected chi connectivity index (χ3v) is 4.88. The van der Waals surface area contributed by atoms with Crippen molar-refractivity contribution in [3.05, 3.63) is 57.7 Å². The number of aryl methyl sites for hydroxylation is 1. The molecular formula is C23H34BrN5O2. The Bertz CT molecular complexity index is 844. The lowest BCUT2D eigenvalue weighted by Crippen LogP contribution is -2.41. The first-order valence-electron chi connectivity index (χ1n) is 10.5. The molecule has 7 nitrogen and oxygen atoms in total. The van der Waals surface area contributed by atoms with E-state index in [2.05, 4.69) is 55.9 Å². The van der Waals surface area contributed by atoms with Crippen molar-refractivity contribution in [3.8, 4) is 0 Å². The molecule has 2 aromatic rings. The maximum absolute atomic E-state index is 11.9. The molecule has 2 rings (SSSR count). The molecule has 0 aliphatic carbocycles. The topological polar surface area (TPSA) is 109 Å². The molecule has 8 heteroatoms. The molecule has 170 valence electrons. The largest absolute Gasteiger partial charge is 0.384 e. The number of benzene rings is 1. The van der Waals surface area contributed by atoms with Gasteiger partial charge in [0.2, 0.25) is 11.8 Å². The van der Waals surface area contributed by atoms with Crippen molar-refractivity contribution in [2.24, 2.45) is 5.92 Å². The average Bonchev–Trinajstić information content (AvgIpc) is 2.73. The van der Waals surface area contributed by atoms with Gasteiger partial charge in [0, 0.05) is 16.7 Å². The molecule has 1 atom stereocenters. The minimum Gasteiger partial charge on any atom is -0.384 e. The molecule has 0 bridgehead atoms. The van der Waals surface area contributed by atoms with Crippen molar-refractivity contribution in [1.82, 2.24) is 20.9 Å². The zero-order chi connectivity index (χ0) is 23.2. The van der Waals surface area contributed by atoms with Crippen LogP contribution in [0.1, 0.15) is 37.6 Å². The Labute approximate surface area is 193 Å². The summed E-state index contributed by atoms with van der Waals surface area (Å²) in [4.78, 5) is 28.0. The fraction of sp³-hybridized carbons (Fsp3) is 0.435. The Kier molecular flexibility index (Phi) is 12.5. The number of carbonyl (C=O) groups is 2. The first-order chi connectivity index (χ1) is 14.8. The number of amides is 2. The van der Waals surface area contributed by atoms with Crippen molar-refractivity contribution in [2.75, 3.05) is 25.4 Å². The Morgan fingerprint density at radius 3 is 2.48 bits per heavy atom. The highest BCUT2D eigenvalue weighted by Crippen LogP contribution is 2.14. The number of halogens is 1. The van der Waals surface area contributed by atoms with Crippen LogP contribution in [0.3, 0.4) is 0 Å². The Balaban J connectivity index is 0.00000233. The minimum atomic E-state index is -0.252. The second-order valence-corrected chi connectivity index (χ2v) is 8.02. The van der Waals surface area contributed by atoms with E-state index in [9.17, 15) is 9.59 Å². The van der Waals surface area contributed by atoms with E-state index < -0.39 is 0 Å². The molecular weight excluding hydrogens is 458 g/mol. The summed E-state index contributed by atoms with van der Waals surface area (Å²) in [6, 6.07) is 11.7. The van der Waals surface area contributed by atoms with Crippen LogP contribution < -0.4 is 21.7 Å². The molecule has 0 aliphatic rings. The molecule has 2 amide bonds. The van der Waals surface area contributed by atoms with E-state index in [1.165, 1.54) is 5.56 Å². The first-order valence-corrected chi connectivity index (χ1v) is 11.3. The lowest BCUT2D eigenvalue weighted by atomic mass is 10.0. The van der Waals surface area contributed by atoms with Crippen LogP contribution in [0.15, 0.2) is 40.9 Å². The number of hydrogen-bond donors (Lipinski definition) is 4. The van der Waals surface area contributed by atoms with Crippen LogP contribution in [0.25, 0.3) is 0 Å². The normalized spacial score (nSPS) is 11.1. The maximum atomic E-state index is 11.9. The lowest BCUT2D eigenvalue weighted by molar-refractivity contribution is -0.125. The molecule has 0 saturated heterocycles. The van der Waals surface area contributed by atoms with Crippen LogP contribution in [-0.4, -0.2) is 36.4 Å². The molecule has 1 aromatic carbocycles. The number of rotatable bonds is 10. The van der Waals surface area contributed by atoms with Gasteiger partial charge in [0.05, 0.1) is 13.1 Å². The highest BCUT2D eigenvalue weighted by molar-refractivity contribution is 9.10. The van der Waals surface area contributed by atoms with E-state index in [1.54, 1.807) is 6.07 Å². The fourth-order valence-electron chi connectivity index (χ4n) is 2.86. The number of nitrogen functional groups attached to an aromatic ring is 1. The molecule has 0 spiro atoms. The molecule has 0 aliphatic heterocycles. The van der Waals surface area contributed by atoms with E-state index in [1.807, 2.05) is 39.0 Å². The summed E-state index contributed by atoms with van der Waals surface area (Å²) in [5.41, 5.74) is 8.53. The van der Waals surface area contributed by atoms with Gasteiger partial charge in [0.1, 0.15) is 5.82 Å². The highest BCUT2D eigenvalue weighted by atomic mass is 79.9. The lowest BCUT2D eigenvalue weighted by Gasteiger charge is -2.13. The van der Waals surface area contributed by atoms with Crippen molar-refractivity contribution >= 4 is 33.6 Å². The molecule has 31 heavy (non-hydrogen) atoms. The summed E-state index contributed by atoms with van der Waals surface area (Å²) in [6.07, 6.45) is 0.926. The van der Waals surface area contributed by atoms with Gasteiger partial charge < -0.3 is 21.7 Å². The fourth-order valence-corrected chi connectivity index (χ4v) is 3.31. The van der Waals surface area contributed by atoms with Gasteiger partial charge in [-0.05, 0) is 55.1 Å². The smallest absolute Gasteiger partial charge is 0.239 e. The first kappa shape index (κ1) is 26.6. The number of aromatic nitrogens is 1. The van der Waals surface area contributed by atoms with Crippen LogP contribution in [0.5, 0.6) is 0 Å². The quantitative estimate of drug-likeness (QED) is 0.408. The zero-order valence-corrected chi connectivity index (χ0v) is 20.4. The van der Waals surface area contributed by atoms with Gasteiger partial charge in [-0.3, -0.25) is 9.59 Å². The van der Waals surface area contributed by atoms with Crippen LogP contribution in [0.2, 0.25) is 0 Å². The van der Waals surface area contributed by atoms with Crippen LogP contribution in [-0.2, 0) is 22.6 Å². The standard InChI is InChI=1S/C21H28BrN5O2.C2H6/c1-14(8-16-4-3-5-18(22)9-16)10-24-12-20(28)26-13-21(29)25-11-17-6-7-19(23)27-15(17)2;1-2/h3-7,9,14,24H,8,10-13H2,1-2H3,(H2,23,27)(H,25,29)(H,26,28);1-2H3. The predicted octanol–water partition coefficient (Wildman–Crippen LogP) is 2.96. The Hall–Kier alpha value is -2.45. The number of hydrogen-bond acceptors (Lipinski definition) is 5. The maximum Gasteiger partial charge on any atom is 0.239 e. The van der Waals surface area contributed by atoms with Gasteiger partial charge in [-0.25, -0.2) is 4.98 Å². The second-order valence-electron chi connectivity index (χ2n) is 7.10. The van der Waals surface area contributed by atoms with E-state index in [0.29, 0.717) is 18.3 Å². The Morgan fingerprint density at radius 2 is 1.81 bits per heavy atom. The second kappa shape index (κ2) is 14.5. The third kappa shape index (κ3) is 10.9. The number of nitrogens with two attached hydrogens (primary N) is 1. The zero-order valence-electron chi connectivity index (χ0n) is 18.8. The molecule has 0 radical (unpaired) electrons. The number of nitrogens with zero attached hydrogens (tertiary/aromatic N) is 1. The van der Waals surface area contributed by atoms with E-state index in [4.69, 9.17) is 5.73 Å². The number of carbonyl (C=O) groups excluding carboxylic acids is 2. The average molecular weight is 492 g/mol. The number of pyridine rings is 1. The van der Waals surface area contributed by atoms with E-state index in [-0.39, 0.29) is 24.9 Å². The van der Waals surface area contributed by atoms with Crippen molar-refractivity contribution in [2.45, 2.75) is 40.7 Å². The predicted molar refractivity (Wildman–Crippen MR) is 129 cm³/mol. The number of nitrogens with one attached hydrogen (secondary N) is 3. The Morgan fingerprint density at radius 1 is 1.10 bits per heavy atom. The summed E-state index contributed by atoms with van der Waals surface area (Å²) in [6.45, 7) is 9.15. The SMILES string of the molecule is CC.Cc1nc(N)ccc1CNC(=O)CNC(=O)CNCC(C)Cc1cccc(Br)c1. The molecule has 1 heterocycles. The summed E-state index contributed by atoms with van der Waals surface area (Å²) in [7, 11) is 0.